The summed E-state index contributed by atoms with van der Waals surface area (Å²) >= 11 is 0. The van der Waals surface area contributed by atoms with Gasteiger partial charge in [0.15, 0.2) is 0 Å². The first-order valence-electron chi connectivity index (χ1n) is 12.8. The number of alkyl halides is 9. The summed E-state index contributed by atoms with van der Waals surface area (Å²) in [4.78, 5) is 38.0. The molecular formula is C26H28F9N3O8. The predicted molar refractivity (Wildman–Crippen MR) is 136 cm³/mol. The zero-order valence-electron chi connectivity index (χ0n) is 23.6. The largest absolute Gasteiger partial charge is 0.490 e. The average molecular weight is 682 g/mol. The van der Waals surface area contributed by atoms with Crippen LogP contribution in [0, 0.1) is 6.92 Å². The Labute approximate surface area is 254 Å². The number of hydrogen-bond donors (Lipinski definition) is 3. The van der Waals surface area contributed by atoms with Crippen LogP contribution in [0.5, 0.6) is 0 Å². The highest BCUT2D eigenvalue weighted by Crippen LogP contribution is 2.33. The molecule has 0 spiro atoms. The van der Waals surface area contributed by atoms with E-state index in [9.17, 15) is 39.5 Å². The van der Waals surface area contributed by atoms with Crippen LogP contribution in [0.4, 0.5) is 39.5 Å². The minimum absolute atomic E-state index is 0.156. The highest BCUT2D eigenvalue weighted by Gasteiger charge is 2.43. The molecule has 2 aliphatic rings. The second-order valence-electron chi connectivity index (χ2n) is 9.34. The smallest absolute Gasteiger partial charge is 0.475 e. The van der Waals surface area contributed by atoms with Crippen molar-refractivity contribution >= 4 is 17.9 Å². The number of carboxylic acids is 3. The maximum Gasteiger partial charge on any atom is 0.490 e. The van der Waals surface area contributed by atoms with Gasteiger partial charge in [0, 0.05) is 37.2 Å². The van der Waals surface area contributed by atoms with Gasteiger partial charge in [-0.1, -0.05) is 12.1 Å². The summed E-state index contributed by atoms with van der Waals surface area (Å²) in [7, 11) is 0. The van der Waals surface area contributed by atoms with Gasteiger partial charge >= 0.3 is 36.4 Å². The number of aliphatic carboxylic acids is 3. The van der Waals surface area contributed by atoms with Crippen LogP contribution in [0.25, 0.3) is 0 Å². The van der Waals surface area contributed by atoms with E-state index in [1.165, 1.54) is 5.56 Å². The molecule has 0 amide bonds. The van der Waals surface area contributed by atoms with Gasteiger partial charge in [0.2, 0.25) is 0 Å². The Balaban J connectivity index is 0.000000413. The van der Waals surface area contributed by atoms with E-state index in [-0.39, 0.29) is 12.2 Å². The van der Waals surface area contributed by atoms with E-state index in [0.29, 0.717) is 12.6 Å². The molecule has 3 N–H and O–H groups in total. The van der Waals surface area contributed by atoms with Gasteiger partial charge in [-0.05, 0) is 43.5 Å². The second kappa shape index (κ2) is 17.6. The van der Waals surface area contributed by atoms with E-state index in [0.717, 1.165) is 43.9 Å². The van der Waals surface area contributed by atoms with Gasteiger partial charge in [-0.3, -0.25) is 14.9 Å². The lowest BCUT2D eigenvalue weighted by Gasteiger charge is -2.39. The molecule has 11 nitrogen and oxygen atoms in total. The fourth-order valence-corrected chi connectivity index (χ4v) is 3.96. The molecular weight excluding hydrogens is 653 g/mol. The number of fused-ring (bicyclic) bond motifs is 1. The second-order valence-corrected chi connectivity index (χ2v) is 9.34. The van der Waals surface area contributed by atoms with Crippen LogP contribution in [0.1, 0.15) is 29.8 Å². The SMILES string of the molecule is Cc1cccc(CO[C@@H]2CC[C@H]3[C@H]2OCCN3Cc2cccnc2)n1.O=C(O)C(F)(F)F.O=C(O)C(F)(F)F.O=C(O)C(F)(F)F. The molecule has 2 aromatic heterocycles. The normalized spacial score (nSPS) is 19.6. The number of rotatable bonds is 5. The minimum atomic E-state index is -5.08. The quantitative estimate of drug-likeness (QED) is 0.378. The number of pyridine rings is 2. The van der Waals surface area contributed by atoms with Gasteiger partial charge in [-0.15, -0.1) is 0 Å². The van der Waals surface area contributed by atoms with Crippen LogP contribution < -0.4 is 0 Å². The Morgan fingerprint density at radius 2 is 1.43 bits per heavy atom. The fraction of sp³-hybridized carbons (Fsp3) is 0.500. The number of aromatic nitrogens is 2. The minimum Gasteiger partial charge on any atom is -0.475 e. The number of morpholine rings is 1. The number of carboxylic acid groups (broad SMARTS) is 3. The van der Waals surface area contributed by atoms with Crippen molar-refractivity contribution in [1.82, 2.24) is 14.9 Å². The predicted octanol–water partition coefficient (Wildman–Crippen LogP) is 4.63. The molecule has 1 aliphatic carbocycles. The number of nitrogens with zero attached hydrogens (tertiary/aromatic N) is 3. The number of carbonyl (C=O) groups is 3. The van der Waals surface area contributed by atoms with Crippen LogP contribution in [-0.4, -0.2) is 98.0 Å². The van der Waals surface area contributed by atoms with E-state index in [2.05, 4.69) is 20.9 Å². The number of halogens is 9. The highest BCUT2D eigenvalue weighted by molar-refractivity contribution is 5.73. The maximum atomic E-state index is 10.6. The van der Waals surface area contributed by atoms with E-state index in [1.807, 2.05) is 43.6 Å². The van der Waals surface area contributed by atoms with Gasteiger partial charge in [0.1, 0.15) is 0 Å². The van der Waals surface area contributed by atoms with Gasteiger partial charge in [-0.2, -0.15) is 39.5 Å². The summed E-state index contributed by atoms with van der Waals surface area (Å²) < 4.78 is 107. The van der Waals surface area contributed by atoms with E-state index >= 15 is 0 Å². The summed E-state index contributed by atoms with van der Waals surface area (Å²) in [5.74, 6) is -8.27. The van der Waals surface area contributed by atoms with Crippen LogP contribution in [0.2, 0.25) is 0 Å². The fourth-order valence-electron chi connectivity index (χ4n) is 3.96. The zero-order valence-corrected chi connectivity index (χ0v) is 23.6. The molecule has 0 unspecified atom stereocenters. The van der Waals surface area contributed by atoms with E-state index in [1.54, 1.807) is 0 Å². The highest BCUT2D eigenvalue weighted by atomic mass is 19.4. The maximum absolute atomic E-state index is 10.6. The number of ether oxygens (including phenoxy) is 2. The standard InChI is InChI=1S/C20H25N3O2.3C2HF3O2/c1-15-4-2-6-17(22-15)14-25-19-8-7-18-20(19)24-11-10-23(18)13-16-5-3-9-21-12-16;3*3-2(4,5)1(6)7/h2-6,9,12,18-20H,7-8,10-11,13-14H2,1H3;3*(H,6,7)/t18-,19+,20+;;;/m0.../s1. The third-order valence-corrected chi connectivity index (χ3v) is 5.88. The lowest BCUT2D eigenvalue weighted by molar-refractivity contribution is -0.193. The van der Waals surface area contributed by atoms with Crippen molar-refractivity contribution in [3.05, 3.63) is 59.7 Å². The Morgan fingerprint density at radius 3 is 1.89 bits per heavy atom. The Kier molecular flexibility index (Phi) is 15.3. The molecule has 4 rings (SSSR count). The number of hydrogen-bond acceptors (Lipinski definition) is 8. The first-order chi connectivity index (χ1) is 21.1. The number of aryl methyl sites for hydroxylation is 1. The van der Waals surface area contributed by atoms with Crippen molar-refractivity contribution in [3.63, 3.8) is 0 Å². The molecule has 2 aromatic rings. The summed E-state index contributed by atoms with van der Waals surface area (Å²) in [6.07, 6.45) is -8.98. The molecule has 3 heterocycles. The van der Waals surface area contributed by atoms with E-state index < -0.39 is 36.4 Å². The van der Waals surface area contributed by atoms with Gasteiger partial charge in [-0.25, -0.2) is 14.4 Å². The molecule has 0 aromatic carbocycles. The Bertz CT molecular complexity index is 1200. The third kappa shape index (κ3) is 14.8. The van der Waals surface area contributed by atoms with Crippen LogP contribution in [0.3, 0.4) is 0 Å². The van der Waals surface area contributed by atoms with Crippen molar-refractivity contribution < 1.29 is 78.7 Å². The van der Waals surface area contributed by atoms with Crippen molar-refractivity contribution in [2.45, 2.75) is 69.7 Å². The summed E-state index contributed by atoms with van der Waals surface area (Å²) in [5, 5.41) is 21.4. The van der Waals surface area contributed by atoms with Crippen LogP contribution >= 0.6 is 0 Å². The summed E-state index contributed by atoms with van der Waals surface area (Å²) in [6.45, 7) is 5.24. The van der Waals surface area contributed by atoms with Crippen LogP contribution in [0.15, 0.2) is 42.7 Å². The summed E-state index contributed by atoms with van der Waals surface area (Å²) in [5.41, 5.74) is 3.28. The molecule has 2 fully saturated rings. The molecule has 20 heteroatoms. The Hall–Kier alpha value is -4.04. The van der Waals surface area contributed by atoms with Crippen molar-refractivity contribution in [1.29, 1.82) is 0 Å². The topological polar surface area (TPSA) is 159 Å². The van der Waals surface area contributed by atoms with Gasteiger partial charge < -0.3 is 24.8 Å². The Morgan fingerprint density at radius 1 is 0.891 bits per heavy atom. The molecule has 0 bridgehead atoms. The molecule has 3 atom stereocenters. The van der Waals surface area contributed by atoms with Gasteiger partial charge in [0.25, 0.3) is 0 Å². The lowest BCUT2D eigenvalue weighted by Crippen LogP contribution is -2.51. The molecule has 1 aliphatic heterocycles. The molecule has 1 saturated carbocycles. The molecule has 46 heavy (non-hydrogen) atoms. The van der Waals surface area contributed by atoms with Gasteiger partial charge in [0.05, 0.1) is 31.1 Å². The summed E-state index contributed by atoms with van der Waals surface area (Å²) in [6, 6.07) is 10.6. The van der Waals surface area contributed by atoms with Crippen molar-refractivity contribution in [2.75, 3.05) is 13.2 Å². The average Bonchev–Trinajstić information content (AvgIpc) is 3.36. The van der Waals surface area contributed by atoms with Crippen molar-refractivity contribution in [2.24, 2.45) is 0 Å². The van der Waals surface area contributed by atoms with Crippen molar-refractivity contribution in [3.8, 4) is 0 Å². The first-order valence-corrected chi connectivity index (χ1v) is 12.8. The first kappa shape index (κ1) is 40.0. The molecule has 0 radical (unpaired) electrons. The molecule has 1 saturated heterocycles. The van der Waals surface area contributed by atoms with Crippen LogP contribution in [-0.2, 0) is 37.0 Å². The monoisotopic (exact) mass is 681 g/mol. The third-order valence-electron chi connectivity index (χ3n) is 5.88. The van der Waals surface area contributed by atoms with E-state index in [4.69, 9.17) is 39.2 Å². The zero-order chi connectivity index (χ0) is 35.3. The molecule has 258 valence electrons. The lowest BCUT2D eigenvalue weighted by atomic mass is 10.1.